The molecule has 120 valence electrons. The number of hydrogen-bond acceptors (Lipinski definition) is 7. The molecule has 0 amide bonds. The predicted molar refractivity (Wildman–Crippen MR) is 78.7 cm³/mol. The van der Waals surface area contributed by atoms with Crippen molar-refractivity contribution >= 4 is 5.97 Å². The van der Waals surface area contributed by atoms with Crippen LogP contribution in [0.3, 0.4) is 0 Å². The maximum atomic E-state index is 12.3. The predicted octanol–water partition coefficient (Wildman–Crippen LogP) is 3.71. The molecule has 0 fully saturated rings. The number of nitrogens with zero attached hydrogens (tertiary/aromatic N) is 2. The van der Waals surface area contributed by atoms with E-state index in [-0.39, 0.29) is 12.5 Å². The number of hydrogen-bond donors (Lipinski definition) is 0. The van der Waals surface area contributed by atoms with Gasteiger partial charge in [0.15, 0.2) is 11.5 Å². The molecule has 0 spiro atoms. The molecule has 0 aliphatic rings. The molecule has 0 saturated heterocycles. The minimum Gasteiger partial charge on any atom is -0.461 e. The Morgan fingerprint density at radius 2 is 2.09 bits per heavy atom. The Balaban J connectivity index is 1.69. The van der Waals surface area contributed by atoms with E-state index in [1.54, 1.807) is 31.4 Å². The zero-order chi connectivity index (χ0) is 16.4. The fraction of sp³-hybridized carbons (Fsp3) is 0.312. The largest absolute Gasteiger partial charge is 0.461 e. The van der Waals surface area contributed by atoms with E-state index in [4.69, 9.17) is 18.2 Å². The summed E-state index contributed by atoms with van der Waals surface area (Å²) < 4.78 is 20.8. The number of aromatic nitrogens is 2. The lowest BCUT2D eigenvalue weighted by molar-refractivity contribution is 0.0460. The number of furan rings is 1. The first-order valence-corrected chi connectivity index (χ1v) is 7.19. The van der Waals surface area contributed by atoms with Gasteiger partial charge in [0.25, 0.3) is 0 Å². The maximum absolute atomic E-state index is 12.3. The number of carbonyl (C=O) groups is 1. The van der Waals surface area contributed by atoms with Crippen molar-refractivity contribution in [3.63, 3.8) is 0 Å². The summed E-state index contributed by atoms with van der Waals surface area (Å²) in [5, 5.41) is 7.68. The lowest BCUT2D eigenvalue weighted by Gasteiger charge is -2.04. The van der Waals surface area contributed by atoms with Gasteiger partial charge in [-0.25, -0.2) is 4.79 Å². The van der Waals surface area contributed by atoms with Gasteiger partial charge in [-0.2, -0.15) is 0 Å². The highest BCUT2D eigenvalue weighted by Gasteiger charge is 2.24. The fourth-order valence-corrected chi connectivity index (χ4v) is 2.16. The minimum absolute atomic E-state index is 0.00873. The average Bonchev–Trinajstić information content (AvgIpc) is 3.24. The van der Waals surface area contributed by atoms with Crippen LogP contribution in [0, 0.1) is 6.92 Å². The molecule has 3 rings (SSSR count). The van der Waals surface area contributed by atoms with E-state index in [0.29, 0.717) is 34.2 Å². The normalized spacial score (nSPS) is 11.1. The first-order valence-electron chi connectivity index (χ1n) is 7.19. The SMILES string of the molecule is Cc1noc(C(C)C)c1C(=O)OCc1cc(-c2ccco2)on1. The van der Waals surface area contributed by atoms with Crippen molar-refractivity contribution in [1.29, 1.82) is 0 Å². The Morgan fingerprint density at radius 3 is 2.78 bits per heavy atom. The van der Waals surface area contributed by atoms with Crippen LogP contribution in [0.2, 0.25) is 0 Å². The van der Waals surface area contributed by atoms with Crippen LogP contribution in [0.1, 0.15) is 47.3 Å². The highest BCUT2D eigenvalue weighted by molar-refractivity contribution is 5.91. The second-order valence-corrected chi connectivity index (χ2v) is 5.40. The lowest BCUT2D eigenvalue weighted by Crippen LogP contribution is -2.09. The van der Waals surface area contributed by atoms with E-state index in [1.807, 2.05) is 13.8 Å². The van der Waals surface area contributed by atoms with Gasteiger partial charge in [0.2, 0.25) is 5.76 Å². The van der Waals surface area contributed by atoms with Gasteiger partial charge in [0.05, 0.1) is 12.0 Å². The van der Waals surface area contributed by atoms with Gasteiger partial charge in [-0.15, -0.1) is 0 Å². The number of esters is 1. The van der Waals surface area contributed by atoms with Gasteiger partial charge in [0, 0.05) is 12.0 Å². The molecule has 0 unspecified atom stereocenters. The van der Waals surface area contributed by atoms with Crippen LogP contribution in [0.15, 0.2) is 37.9 Å². The van der Waals surface area contributed by atoms with Crippen molar-refractivity contribution in [3.8, 4) is 11.5 Å². The van der Waals surface area contributed by atoms with Crippen LogP contribution in [-0.4, -0.2) is 16.3 Å². The smallest absolute Gasteiger partial charge is 0.344 e. The van der Waals surface area contributed by atoms with E-state index in [9.17, 15) is 4.79 Å². The topological polar surface area (TPSA) is 91.5 Å². The molecule has 3 aromatic heterocycles. The third-order valence-corrected chi connectivity index (χ3v) is 3.29. The van der Waals surface area contributed by atoms with Crippen molar-refractivity contribution in [2.45, 2.75) is 33.3 Å². The van der Waals surface area contributed by atoms with Gasteiger partial charge in [0.1, 0.15) is 17.9 Å². The van der Waals surface area contributed by atoms with Crippen LogP contribution in [-0.2, 0) is 11.3 Å². The van der Waals surface area contributed by atoms with Crippen molar-refractivity contribution < 1.29 is 23.0 Å². The number of aryl methyl sites for hydroxylation is 1. The van der Waals surface area contributed by atoms with Crippen LogP contribution < -0.4 is 0 Å². The van der Waals surface area contributed by atoms with E-state index in [0.717, 1.165) is 0 Å². The van der Waals surface area contributed by atoms with Gasteiger partial charge in [-0.3, -0.25) is 0 Å². The van der Waals surface area contributed by atoms with Crippen molar-refractivity contribution in [2.24, 2.45) is 0 Å². The molecule has 23 heavy (non-hydrogen) atoms. The molecule has 0 N–H and O–H groups in total. The Morgan fingerprint density at radius 1 is 1.26 bits per heavy atom. The molecular formula is C16H16N2O5. The van der Waals surface area contributed by atoms with Crippen molar-refractivity contribution in [2.75, 3.05) is 0 Å². The van der Waals surface area contributed by atoms with Crippen LogP contribution in [0.25, 0.3) is 11.5 Å². The number of rotatable bonds is 5. The maximum Gasteiger partial charge on any atom is 0.344 e. The van der Waals surface area contributed by atoms with Crippen LogP contribution in [0.4, 0.5) is 0 Å². The molecule has 3 heterocycles. The molecule has 0 aliphatic carbocycles. The molecule has 3 aromatic rings. The third kappa shape index (κ3) is 3.03. The molecule has 7 nitrogen and oxygen atoms in total. The van der Waals surface area contributed by atoms with Crippen molar-refractivity contribution in [3.05, 3.63) is 47.2 Å². The molecule has 0 radical (unpaired) electrons. The summed E-state index contributed by atoms with van der Waals surface area (Å²) in [5.74, 6) is 1.10. The molecule has 0 atom stereocenters. The van der Waals surface area contributed by atoms with E-state index in [1.165, 1.54) is 0 Å². The van der Waals surface area contributed by atoms with Gasteiger partial charge in [-0.1, -0.05) is 24.2 Å². The van der Waals surface area contributed by atoms with Crippen LogP contribution >= 0.6 is 0 Å². The fourth-order valence-electron chi connectivity index (χ4n) is 2.16. The van der Waals surface area contributed by atoms with E-state index < -0.39 is 5.97 Å². The molecule has 0 bridgehead atoms. The summed E-state index contributed by atoms with van der Waals surface area (Å²) in [6.45, 7) is 5.54. The van der Waals surface area contributed by atoms with Crippen molar-refractivity contribution in [1.82, 2.24) is 10.3 Å². The summed E-state index contributed by atoms with van der Waals surface area (Å²) in [6.07, 6.45) is 1.54. The zero-order valence-corrected chi connectivity index (χ0v) is 13.0. The summed E-state index contributed by atoms with van der Waals surface area (Å²) in [6, 6.07) is 5.17. The first-order chi connectivity index (χ1) is 11.1. The second-order valence-electron chi connectivity index (χ2n) is 5.40. The van der Waals surface area contributed by atoms with Gasteiger partial charge >= 0.3 is 5.97 Å². The Kier molecular flexibility index (Phi) is 4.01. The first kappa shape index (κ1) is 15.1. The third-order valence-electron chi connectivity index (χ3n) is 3.29. The van der Waals surface area contributed by atoms with E-state index >= 15 is 0 Å². The standard InChI is InChI=1S/C16H16N2O5/c1-9(2)15-14(10(3)17-23-15)16(19)21-8-11-7-13(22-18-11)12-5-4-6-20-12/h4-7,9H,8H2,1-3H3. The number of ether oxygens (including phenoxy) is 1. The molecule has 0 aliphatic heterocycles. The molecular weight excluding hydrogens is 300 g/mol. The Labute approximate surface area is 132 Å². The molecule has 7 heteroatoms. The molecule has 0 aromatic carbocycles. The molecule has 0 saturated carbocycles. The Bertz CT molecular complexity index is 798. The average molecular weight is 316 g/mol. The lowest BCUT2D eigenvalue weighted by atomic mass is 10.1. The second kappa shape index (κ2) is 6.12. The highest BCUT2D eigenvalue weighted by Crippen LogP contribution is 2.24. The summed E-state index contributed by atoms with van der Waals surface area (Å²) in [5.41, 5.74) is 1.37. The zero-order valence-electron chi connectivity index (χ0n) is 13.0. The minimum atomic E-state index is -0.491. The Hall–Kier alpha value is -2.83. The highest BCUT2D eigenvalue weighted by atomic mass is 16.5. The summed E-state index contributed by atoms with van der Waals surface area (Å²) >= 11 is 0. The van der Waals surface area contributed by atoms with Crippen LogP contribution in [0.5, 0.6) is 0 Å². The monoisotopic (exact) mass is 316 g/mol. The summed E-state index contributed by atoms with van der Waals surface area (Å²) in [7, 11) is 0. The quantitative estimate of drug-likeness (QED) is 0.662. The van der Waals surface area contributed by atoms with Gasteiger partial charge in [-0.05, 0) is 19.1 Å². The summed E-state index contributed by atoms with van der Waals surface area (Å²) in [4.78, 5) is 12.3. The van der Waals surface area contributed by atoms with E-state index in [2.05, 4.69) is 10.3 Å². The van der Waals surface area contributed by atoms with Gasteiger partial charge < -0.3 is 18.2 Å². The number of carbonyl (C=O) groups excluding carboxylic acids is 1.